The minimum atomic E-state index is 0.583. The Kier molecular flexibility index (Phi) is 3.65. The maximum Gasteiger partial charge on any atom is 0.0353 e. The van der Waals surface area contributed by atoms with Gasteiger partial charge in [0.05, 0.1) is 0 Å². The van der Waals surface area contributed by atoms with Gasteiger partial charge in [0, 0.05) is 6.04 Å². The van der Waals surface area contributed by atoms with Crippen molar-refractivity contribution in [3.8, 4) is 0 Å². The highest BCUT2D eigenvalue weighted by atomic mass is 14.9. The molecule has 1 aliphatic rings. The van der Waals surface area contributed by atoms with Crippen molar-refractivity contribution >= 4 is 0 Å². The first kappa shape index (κ1) is 11.7. The van der Waals surface area contributed by atoms with Crippen molar-refractivity contribution in [3.63, 3.8) is 0 Å². The third kappa shape index (κ3) is 2.15. The summed E-state index contributed by atoms with van der Waals surface area (Å²) < 4.78 is 0. The van der Waals surface area contributed by atoms with Crippen LogP contribution in [0, 0.1) is 19.8 Å². The van der Waals surface area contributed by atoms with Crippen molar-refractivity contribution in [2.24, 2.45) is 5.92 Å². The normalized spacial score (nSPS) is 18.2. The lowest BCUT2D eigenvalue weighted by Crippen LogP contribution is -2.33. The molecule has 1 aromatic rings. The van der Waals surface area contributed by atoms with Crippen LogP contribution < -0.4 is 5.32 Å². The van der Waals surface area contributed by atoms with E-state index >= 15 is 0 Å². The van der Waals surface area contributed by atoms with E-state index in [9.17, 15) is 0 Å². The Hall–Kier alpha value is -0.820. The SMILES string of the molecule is CCNC(c1c(C)cccc1C)C1CCC1. The van der Waals surface area contributed by atoms with E-state index in [0.717, 1.165) is 12.5 Å². The summed E-state index contributed by atoms with van der Waals surface area (Å²) in [4.78, 5) is 0. The third-order valence-corrected chi connectivity index (χ3v) is 3.90. The lowest BCUT2D eigenvalue weighted by molar-refractivity contribution is 0.232. The van der Waals surface area contributed by atoms with Crippen LogP contribution >= 0.6 is 0 Å². The van der Waals surface area contributed by atoms with E-state index in [4.69, 9.17) is 0 Å². The Labute approximate surface area is 99.3 Å². The quantitative estimate of drug-likeness (QED) is 0.810. The maximum absolute atomic E-state index is 3.68. The van der Waals surface area contributed by atoms with Gasteiger partial charge in [-0.05, 0) is 55.8 Å². The second-order valence-corrected chi connectivity index (χ2v) is 5.03. The van der Waals surface area contributed by atoms with Gasteiger partial charge in [0.15, 0.2) is 0 Å². The molecule has 0 aromatic heterocycles. The fourth-order valence-electron chi connectivity index (χ4n) is 2.82. The van der Waals surface area contributed by atoms with Crippen LogP contribution in [0.2, 0.25) is 0 Å². The standard InChI is InChI=1S/C15H23N/c1-4-16-15(13-9-6-10-13)14-11(2)7-5-8-12(14)3/h5,7-8,13,15-16H,4,6,9-10H2,1-3H3. The number of rotatable bonds is 4. The number of benzene rings is 1. The lowest BCUT2D eigenvalue weighted by Gasteiger charge is -2.36. The zero-order chi connectivity index (χ0) is 11.5. The van der Waals surface area contributed by atoms with E-state index in [0.29, 0.717) is 6.04 Å². The highest BCUT2D eigenvalue weighted by molar-refractivity contribution is 5.36. The Bertz CT molecular complexity index is 332. The van der Waals surface area contributed by atoms with Crippen LogP contribution in [0.3, 0.4) is 0 Å². The zero-order valence-corrected chi connectivity index (χ0v) is 10.7. The van der Waals surface area contributed by atoms with E-state index in [1.807, 2.05) is 0 Å². The van der Waals surface area contributed by atoms with Crippen LogP contribution in [0.4, 0.5) is 0 Å². The van der Waals surface area contributed by atoms with E-state index in [2.05, 4.69) is 44.3 Å². The molecule has 1 aromatic carbocycles. The minimum Gasteiger partial charge on any atom is -0.310 e. The molecule has 2 rings (SSSR count). The number of hydrogen-bond acceptors (Lipinski definition) is 1. The summed E-state index contributed by atoms with van der Waals surface area (Å²) in [5.41, 5.74) is 4.43. The molecule has 0 heterocycles. The van der Waals surface area contributed by atoms with Crippen LogP contribution in [0.15, 0.2) is 18.2 Å². The molecule has 1 unspecified atom stereocenters. The van der Waals surface area contributed by atoms with Crippen LogP contribution in [-0.4, -0.2) is 6.54 Å². The third-order valence-electron chi connectivity index (χ3n) is 3.90. The second kappa shape index (κ2) is 5.01. The Morgan fingerprint density at radius 3 is 2.31 bits per heavy atom. The lowest BCUT2D eigenvalue weighted by atomic mass is 9.75. The molecule has 0 amide bonds. The molecule has 1 aliphatic carbocycles. The first-order valence-electron chi connectivity index (χ1n) is 6.53. The van der Waals surface area contributed by atoms with Crippen molar-refractivity contribution in [2.45, 2.75) is 46.1 Å². The molecule has 0 radical (unpaired) electrons. The number of aryl methyl sites for hydroxylation is 2. The zero-order valence-electron chi connectivity index (χ0n) is 10.7. The van der Waals surface area contributed by atoms with Crippen LogP contribution in [0.5, 0.6) is 0 Å². The van der Waals surface area contributed by atoms with Gasteiger partial charge in [-0.15, -0.1) is 0 Å². The van der Waals surface area contributed by atoms with E-state index in [1.165, 1.54) is 30.4 Å². The minimum absolute atomic E-state index is 0.583. The molecule has 1 heteroatoms. The molecule has 0 saturated heterocycles. The summed E-state index contributed by atoms with van der Waals surface area (Å²) in [6, 6.07) is 7.23. The van der Waals surface area contributed by atoms with Crippen molar-refractivity contribution in [1.29, 1.82) is 0 Å². The van der Waals surface area contributed by atoms with Crippen LogP contribution in [0.25, 0.3) is 0 Å². The van der Waals surface area contributed by atoms with Crippen molar-refractivity contribution < 1.29 is 0 Å². The fourth-order valence-corrected chi connectivity index (χ4v) is 2.82. The smallest absolute Gasteiger partial charge is 0.0353 e. The summed E-state index contributed by atoms with van der Waals surface area (Å²) >= 11 is 0. The molecular weight excluding hydrogens is 194 g/mol. The Morgan fingerprint density at radius 2 is 1.88 bits per heavy atom. The van der Waals surface area contributed by atoms with E-state index in [-0.39, 0.29) is 0 Å². The monoisotopic (exact) mass is 217 g/mol. The van der Waals surface area contributed by atoms with Gasteiger partial charge in [0.25, 0.3) is 0 Å². The van der Waals surface area contributed by atoms with E-state index in [1.54, 1.807) is 5.56 Å². The van der Waals surface area contributed by atoms with Crippen LogP contribution in [0.1, 0.15) is 48.9 Å². The average molecular weight is 217 g/mol. The number of nitrogens with one attached hydrogen (secondary N) is 1. The predicted molar refractivity (Wildman–Crippen MR) is 69.7 cm³/mol. The van der Waals surface area contributed by atoms with E-state index < -0.39 is 0 Å². The molecule has 0 spiro atoms. The molecule has 0 bridgehead atoms. The Balaban J connectivity index is 2.29. The molecule has 1 saturated carbocycles. The van der Waals surface area contributed by atoms with Gasteiger partial charge in [-0.1, -0.05) is 31.5 Å². The van der Waals surface area contributed by atoms with Gasteiger partial charge < -0.3 is 5.32 Å². The molecule has 88 valence electrons. The second-order valence-electron chi connectivity index (χ2n) is 5.03. The highest BCUT2D eigenvalue weighted by Gasteiger charge is 2.29. The average Bonchev–Trinajstić information content (AvgIpc) is 2.14. The summed E-state index contributed by atoms with van der Waals surface area (Å²) in [5.74, 6) is 0.861. The first-order valence-corrected chi connectivity index (χ1v) is 6.53. The van der Waals surface area contributed by atoms with Gasteiger partial charge in [-0.2, -0.15) is 0 Å². The fraction of sp³-hybridized carbons (Fsp3) is 0.600. The molecule has 16 heavy (non-hydrogen) atoms. The molecule has 1 N–H and O–H groups in total. The summed E-state index contributed by atoms with van der Waals surface area (Å²) in [7, 11) is 0. The van der Waals surface area contributed by atoms with Gasteiger partial charge >= 0.3 is 0 Å². The molecule has 1 nitrogen and oxygen atoms in total. The van der Waals surface area contributed by atoms with Gasteiger partial charge in [0.1, 0.15) is 0 Å². The largest absolute Gasteiger partial charge is 0.310 e. The first-order chi connectivity index (χ1) is 7.74. The predicted octanol–water partition coefficient (Wildman–Crippen LogP) is 3.75. The molecular formula is C15H23N. The van der Waals surface area contributed by atoms with Gasteiger partial charge in [-0.25, -0.2) is 0 Å². The molecule has 1 fully saturated rings. The Morgan fingerprint density at radius 1 is 1.25 bits per heavy atom. The van der Waals surface area contributed by atoms with Crippen molar-refractivity contribution in [1.82, 2.24) is 5.32 Å². The van der Waals surface area contributed by atoms with Crippen molar-refractivity contribution in [3.05, 3.63) is 34.9 Å². The van der Waals surface area contributed by atoms with Gasteiger partial charge in [0.2, 0.25) is 0 Å². The molecule has 0 aliphatic heterocycles. The molecule has 1 atom stereocenters. The summed E-state index contributed by atoms with van der Waals surface area (Å²) in [6.07, 6.45) is 4.20. The maximum atomic E-state index is 3.68. The topological polar surface area (TPSA) is 12.0 Å². The summed E-state index contributed by atoms with van der Waals surface area (Å²) in [5, 5.41) is 3.68. The van der Waals surface area contributed by atoms with Crippen molar-refractivity contribution in [2.75, 3.05) is 6.54 Å². The van der Waals surface area contributed by atoms with Crippen LogP contribution in [-0.2, 0) is 0 Å². The number of hydrogen-bond donors (Lipinski definition) is 1. The highest BCUT2D eigenvalue weighted by Crippen LogP contribution is 2.39. The summed E-state index contributed by atoms with van der Waals surface area (Å²) in [6.45, 7) is 7.75. The van der Waals surface area contributed by atoms with Gasteiger partial charge in [-0.3, -0.25) is 0 Å².